The second kappa shape index (κ2) is 19.0. The minimum atomic E-state index is -1.90. The molecule has 358 valence electrons. The predicted octanol–water partition coefficient (Wildman–Crippen LogP) is 18.2. The molecular weight excluding hydrogens is 841 g/mol. The summed E-state index contributed by atoms with van der Waals surface area (Å²) in [6.45, 7) is 46.6. The Bertz CT molecular complexity index is 2900. The number of nitrogens with zero attached hydrogens (tertiary/aromatic N) is 2. The average Bonchev–Trinajstić information content (AvgIpc) is 3.96. The summed E-state index contributed by atoms with van der Waals surface area (Å²) in [7, 11) is -1.90. The van der Waals surface area contributed by atoms with Gasteiger partial charge in [0, 0.05) is 27.7 Å². The molecule has 8 bridgehead atoms. The van der Waals surface area contributed by atoms with Gasteiger partial charge < -0.3 is 9.97 Å². The van der Waals surface area contributed by atoms with Crippen molar-refractivity contribution in [1.29, 1.82) is 0 Å². The van der Waals surface area contributed by atoms with Gasteiger partial charge >= 0.3 is 0 Å². The standard InChI is InChI=1S/C63H82N4Si/c1-21-48-39(11)58-56(44-27-25-43(26-28-44)29-30-68(36(5)6,37(7)8)38(9)10)59-40(12)49(22-2)53(65-59)35-55-51(24-4)42(14)61(67-55)57(60-41(13)50(23-3)54(66-60)34-52(48)64-58)45-31-46(62(15,16)17)33-47(32-45)63(18,19)20/h25-28,31-38,66-67H,21-24H2,1-20H3. The molecule has 0 spiro atoms. The lowest BCUT2D eigenvalue weighted by molar-refractivity contribution is 0.569. The first-order chi connectivity index (χ1) is 31.9. The molecule has 0 radical (unpaired) electrons. The van der Waals surface area contributed by atoms with Crippen molar-refractivity contribution in [3.05, 3.63) is 116 Å². The molecule has 2 aliphatic rings. The monoisotopic (exact) mass is 923 g/mol. The number of benzene rings is 2. The van der Waals surface area contributed by atoms with Crippen molar-refractivity contribution in [1.82, 2.24) is 19.9 Å². The average molecular weight is 923 g/mol. The van der Waals surface area contributed by atoms with E-state index in [0.717, 1.165) is 87.2 Å². The van der Waals surface area contributed by atoms with Gasteiger partial charge in [-0.05, 0) is 172 Å². The van der Waals surface area contributed by atoms with E-state index in [2.05, 4.69) is 215 Å². The van der Waals surface area contributed by atoms with Gasteiger partial charge in [0.1, 0.15) is 8.07 Å². The maximum atomic E-state index is 5.70. The molecule has 7 rings (SSSR count). The number of H-pyrrole nitrogens is 2. The third-order valence-electron chi connectivity index (χ3n) is 15.9. The number of hydrogen-bond acceptors (Lipinski definition) is 2. The van der Waals surface area contributed by atoms with Crippen LogP contribution < -0.4 is 0 Å². The first-order valence-corrected chi connectivity index (χ1v) is 28.2. The number of aryl methyl sites for hydroxylation is 4. The predicted molar refractivity (Wildman–Crippen MR) is 301 cm³/mol. The molecule has 5 heteroatoms. The zero-order chi connectivity index (χ0) is 49.9. The summed E-state index contributed by atoms with van der Waals surface area (Å²) in [5.41, 5.74) is 32.9. The molecule has 5 aromatic rings. The van der Waals surface area contributed by atoms with E-state index in [1.807, 2.05) is 0 Å². The van der Waals surface area contributed by atoms with Crippen molar-refractivity contribution >= 4 is 52.4 Å². The SMILES string of the molecule is CCC1=C(C)c2nc1cc1[nH]c(c(C)c1CC)c(-c1cc(C(C)(C)C)cc(C(C)(C)C)c1)c1[nH]c(cc3nc(c2-c2ccc(C#C[Si](C(C)C)(C(C)C)C(C)C)cc2)C(C)=C3CC)c(CC)c1C. The van der Waals surface area contributed by atoms with Gasteiger partial charge in [-0.25, -0.2) is 9.97 Å². The summed E-state index contributed by atoms with van der Waals surface area (Å²) >= 11 is 0. The lowest BCUT2D eigenvalue weighted by Gasteiger charge is -2.38. The van der Waals surface area contributed by atoms with E-state index in [1.165, 1.54) is 66.8 Å². The van der Waals surface area contributed by atoms with Gasteiger partial charge in [-0.15, -0.1) is 5.54 Å². The van der Waals surface area contributed by atoms with Crippen molar-refractivity contribution in [3.8, 4) is 33.7 Å². The van der Waals surface area contributed by atoms with Gasteiger partial charge in [0.25, 0.3) is 0 Å². The number of aromatic nitrogens is 4. The third-order valence-corrected chi connectivity index (χ3v) is 22.2. The van der Waals surface area contributed by atoms with Gasteiger partial charge in [0.05, 0.1) is 33.8 Å². The topological polar surface area (TPSA) is 57.4 Å². The smallest absolute Gasteiger partial charge is 0.146 e. The fraction of sp³-hybridized carbons (Fsp3) is 0.460. The molecule has 2 N–H and O–H groups in total. The molecule has 2 aliphatic heterocycles. The Morgan fingerprint density at radius 3 is 1.29 bits per heavy atom. The van der Waals surface area contributed by atoms with Gasteiger partial charge in [-0.2, -0.15) is 0 Å². The molecule has 4 nitrogen and oxygen atoms in total. The van der Waals surface area contributed by atoms with Crippen molar-refractivity contribution < 1.29 is 0 Å². The van der Waals surface area contributed by atoms with Gasteiger partial charge in [0.15, 0.2) is 0 Å². The van der Waals surface area contributed by atoms with Crippen LogP contribution in [0.4, 0.5) is 0 Å². The van der Waals surface area contributed by atoms with E-state index in [9.17, 15) is 0 Å². The van der Waals surface area contributed by atoms with Crippen molar-refractivity contribution in [3.63, 3.8) is 0 Å². The first kappa shape index (κ1) is 50.7. The third kappa shape index (κ3) is 8.85. The fourth-order valence-corrected chi connectivity index (χ4v) is 17.1. The van der Waals surface area contributed by atoms with Gasteiger partial charge in [-0.3, -0.25) is 0 Å². The largest absolute Gasteiger partial charge is 0.354 e. The van der Waals surface area contributed by atoms with E-state index >= 15 is 0 Å². The van der Waals surface area contributed by atoms with E-state index in [4.69, 9.17) is 9.97 Å². The molecule has 0 saturated heterocycles. The molecule has 0 aliphatic carbocycles. The molecule has 0 atom stereocenters. The van der Waals surface area contributed by atoms with E-state index < -0.39 is 8.07 Å². The Morgan fingerprint density at radius 1 is 0.529 bits per heavy atom. The molecule has 68 heavy (non-hydrogen) atoms. The maximum absolute atomic E-state index is 5.70. The highest BCUT2D eigenvalue weighted by molar-refractivity contribution is 6.90. The van der Waals surface area contributed by atoms with Crippen LogP contribution in [0, 0.1) is 25.3 Å². The van der Waals surface area contributed by atoms with Crippen molar-refractivity contribution in [2.24, 2.45) is 0 Å². The van der Waals surface area contributed by atoms with Crippen LogP contribution in [-0.4, -0.2) is 28.0 Å². The van der Waals surface area contributed by atoms with Crippen LogP contribution >= 0.6 is 0 Å². The number of fused-ring (bicyclic) bond motifs is 8. The normalized spacial score (nSPS) is 13.7. The van der Waals surface area contributed by atoms with Crippen LogP contribution in [0.3, 0.4) is 0 Å². The number of allylic oxidation sites excluding steroid dienone is 4. The molecule has 0 saturated carbocycles. The second-order valence-corrected chi connectivity index (χ2v) is 28.5. The zero-order valence-electron chi connectivity index (χ0n) is 45.7. The lowest BCUT2D eigenvalue weighted by Crippen LogP contribution is -2.43. The Morgan fingerprint density at radius 2 is 0.941 bits per heavy atom. The number of hydrogen-bond donors (Lipinski definition) is 2. The minimum absolute atomic E-state index is 0.0362. The summed E-state index contributed by atoms with van der Waals surface area (Å²) < 4.78 is 0. The first-order valence-electron chi connectivity index (χ1n) is 25.9. The van der Waals surface area contributed by atoms with E-state index in [-0.39, 0.29) is 10.8 Å². The minimum Gasteiger partial charge on any atom is -0.354 e. The second-order valence-electron chi connectivity index (χ2n) is 22.9. The molecule has 0 unspecified atom stereocenters. The van der Waals surface area contributed by atoms with Crippen LogP contribution in [0.15, 0.2) is 54.6 Å². The molecule has 5 heterocycles. The summed E-state index contributed by atoms with van der Waals surface area (Å²) in [5, 5.41) is 0. The van der Waals surface area contributed by atoms with Crippen LogP contribution in [0.2, 0.25) is 16.6 Å². The Kier molecular flexibility index (Phi) is 14.1. The number of aromatic amines is 2. The summed E-state index contributed by atoms with van der Waals surface area (Å²) in [5.74, 6) is 3.72. The van der Waals surface area contributed by atoms with Crippen LogP contribution in [-0.2, 0) is 23.7 Å². The quantitative estimate of drug-likeness (QED) is 0.114. The molecule has 0 amide bonds. The summed E-state index contributed by atoms with van der Waals surface area (Å²) in [6.07, 6.45) is 3.54. The Labute approximate surface area is 412 Å². The van der Waals surface area contributed by atoms with Gasteiger partial charge in [-0.1, -0.05) is 147 Å². The highest BCUT2D eigenvalue weighted by Gasteiger charge is 2.41. The Balaban J connectivity index is 1.66. The van der Waals surface area contributed by atoms with Crippen LogP contribution in [0.1, 0.15) is 199 Å². The highest BCUT2D eigenvalue weighted by atomic mass is 28.3. The van der Waals surface area contributed by atoms with E-state index in [0.29, 0.717) is 16.6 Å². The highest BCUT2D eigenvalue weighted by Crippen LogP contribution is 2.46. The molecule has 3 aromatic heterocycles. The van der Waals surface area contributed by atoms with Crippen LogP contribution in [0.25, 0.3) is 66.6 Å². The summed E-state index contributed by atoms with van der Waals surface area (Å²) in [6, 6.07) is 21.0. The molecule has 2 aromatic carbocycles. The lowest BCUT2D eigenvalue weighted by atomic mass is 9.78. The van der Waals surface area contributed by atoms with E-state index in [1.54, 1.807) is 0 Å². The number of rotatable bonds is 9. The maximum Gasteiger partial charge on any atom is 0.146 e. The van der Waals surface area contributed by atoms with Crippen LogP contribution in [0.5, 0.6) is 0 Å². The molecular formula is C63H82N4Si. The van der Waals surface area contributed by atoms with Crippen molar-refractivity contribution in [2.75, 3.05) is 0 Å². The van der Waals surface area contributed by atoms with Gasteiger partial charge in [0.2, 0.25) is 0 Å². The summed E-state index contributed by atoms with van der Waals surface area (Å²) in [4.78, 5) is 19.6. The zero-order valence-corrected chi connectivity index (χ0v) is 46.7. The van der Waals surface area contributed by atoms with Crippen molar-refractivity contribution in [2.45, 2.75) is 192 Å². The molecule has 0 fully saturated rings. The number of nitrogens with one attached hydrogen (secondary N) is 2. The fourth-order valence-electron chi connectivity index (χ4n) is 11.8. The Hall–Kier alpha value is -5.18.